The van der Waals surface area contributed by atoms with Crippen molar-refractivity contribution in [1.82, 2.24) is 0 Å². The van der Waals surface area contributed by atoms with E-state index in [9.17, 15) is 23.2 Å². The van der Waals surface area contributed by atoms with Gasteiger partial charge in [-0.05, 0) is 36.2 Å². The summed E-state index contributed by atoms with van der Waals surface area (Å²) in [5.74, 6) is -1.53. The molecule has 0 unspecified atom stereocenters. The maximum absolute atomic E-state index is 12.7. The molecule has 23 heavy (non-hydrogen) atoms. The SMILES string of the molecule is CN(C(=O)C(F)(F)F)c1sc2c(c1C#N)CC[C@@H](C(C)(C)C)C2. The standard InChI is InChI=1S/C16H19F3N2OS/c1-15(2,3)9-5-6-10-11(8-20)13(23-12(10)7-9)21(4)14(22)16(17,18)19/h9H,5-7H2,1-4H3/t9-/m1/s1. The number of carbonyl (C=O) groups excluding carboxylic acids is 1. The van der Waals surface area contributed by atoms with Gasteiger partial charge < -0.3 is 0 Å². The number of halogens is 3. The van der Waals surface area contributed by atoms with Crippen molar-refractivity contribution in [1.29, 1.82) is 5.26 Å². The molecule has 0 N–H and O–H groups in total. The highest BCUT2D eigenvalue weighted by Gasteiger charge is 2.43. The Hall–Kier alpha value is -1.55. The molecule has 0 fully saturated rings. The van der Waals surface area contributed by atoms with Gasteiger partial charge in [0, 0.05) is 11.9 Å². The van der Waals surface area contributed by atoms with Crippen molar-refractivity contribution >= 4 is 22.2 Å². The smallest absolute Gasteiger partial charge is 0.298 e. The first-order valence-corrected chi connectivity index (χ1v) is 8.18. The fourth-order valence-corrected chi connectivity index (χ4v) is 4.28. The van der Waals surface area contributed by atoms with Crippen LogP contribution in [0.3, 0.4) is 0 Å². The molecule has 1 aromatic heterocycles. The highest BCUT2D eigenvalue weighted by Crippen LogP contribution is 2.45. The lowest BCUT2D eigenvalue weighted by molar-refractivity contribution is -0.170. The Labute approximate surface area is 137 Å². The number of alkyl halides is 3. The normalized spacial score (nSPS) is 18.3. The van der Waals surface area contributed by atoms with Crippen LogP contribution in [0.5, 0.6) is 0 Å². The Bertz CT molecular complexity index is 665. The van der Waals surface area contributed by atoms with Crippen LogP contribution in [-0.4, -0.2) is 19.1 Å². The van der Waals surface area contributed by atoms with E-state index in [0.717, 1.165) is 41.7 Å². The van der Waals surface area contributed by atoms with E-state index in [2.05, 4.69) is 20.8 Å². The first-order valence-electron chi connectivity index (χ1n) is 7.36. The van der Waals surface area contributed by atoms with E-state index in [4.69, 9.17) is 0 Å². The summed E-state index contributed by atoms with van der Waals surface area (Å²) in [5, 5.41) is 9.47. The monoisotopic (exact) mass is 344 g/mol. The van der Waals surface area contributed by atoms with Gasteiger partial charge in [-0.1, -0.05) is 20.8 Å². The molecule has 0 aliphatic heterocycles. The minimum absolute atomic E-state index is 0.0995. The van der Waals surface area contributed by atoms with Crippen molar-refractivity contribution in [3.63, 3.8) is 0 Å². The van der Waals surface area contributed by atoms with Crippen LogP contribution in [0.2, 0.25) is 0 Å². The molecule has 0 aromatic carbocycles. The first-order chi connectivity index (χ1) is 10.5. The summed E-state index contributed by atoms with van der Waals surface area (Å²) in [6.45, 7) is 6.42. The zero-order valence-corrected chi connectivity index (χ0v) is 14.4. The lowest BCUT2D eigenvalue weighted by atomic mass is 9.72. The fourth-order valence-electron chi connectivity index (χ4n) is 2.94. The number of amides is 1. The van der Waals surface area contributed by atoms with Crippen LogP contribution in [-0.2, 0) is 17.6 Å². The molecule has 0 saturated heterocycles. The molecule has 2 rings (SSSR count). The summed E-state index contributed by atoms with van der Waals surface area (Å²) in [5.41, 5.74) is 1.13. The van der Waals surface area contributed by atoms with Gasteiger partial charge in [-0.15, -0.1) is 11.3 Å². The summed E-state index contributed by atoms with van der Waals surface area (Å²) in [6.07, 6.45) is -2.63. The Morgan fingerprint density at radius 1 is 1.35 bits per heavy atom. The van der Waals surface area contributed by atoms with Crippen LogP contribution in [0.1, 0.15) is 43.2 Å². The number of nitrogens with zero attached hydrogens (tertiary/aromatic N) is 2. The molecule has 3 nitrogen and oxygen atoms in total. The third kappa shape index (κ3) is 3.37. The molecule has 7 heteroatoms. The van der Waals surface area contributed by atoms with E-state index in [1.54, 1.807) is 0 Å². The zero-order chi connectivity index (χ0) is 17.6. The van der Waals surface area contributed by atoms with Crippen molar-refractivity contribution in [3.8, 4) is 6.07 Å². The van der Waals surface area contributed by atoms with E-state index < -0.39 is 12.1 Å². The van der Waals surface area contributed by atoms with Crippen molar-refractivity contribution < 1.29 is 18.0 Å². The summed E-state index contributed by atoms with van der Waals surface area (Å²) in [6, 6.07) is 1.99. The number of anilines is 1. The van der Waals surface area contributed by atoms with E-state index >= 15 is 0 Å². The minimum Gasteiger partial charge on any atom is -0.298 e. The van der Waals surface area contributed by atoms with Crippen molar-refractivity contribution in [2.75, 3.05) is 11.9 Å². The van der Waals surface area contributed by atoms with Gasteiger partial charge >= 0.3 is 12.1 Å². The van der Waals surface area contributed by atoms with Gasteiger partial charge in [0.1, 0.15) is 11.1 Å². The number of thiophene rings is 1. The Balaban J connectivity index is 2.41. The third-order valence-electron chi connectivity index (χ3n) is 4.44. The van der Waals surface area contributed by atoms with E-state index in [0.29, 0.717) is 17.2 Å². The number of fused-ring (bicyclic) bond motifs is 1. The molecule has 0 saturated carbocycles. The summed E-state index contributed by atoms with van der Waals surface area (Å²) < 4.78 is 38.0. The molecular formula is C16H19F3N2OS. The van der Waals surface area contributed by atoms with Gasteiger partial charge in [-0.2, -0.15) is 18.4 Å². The summed E-state index contributed by atoms with van der Waals surface area (Å²) >= 11 is 1.14. The van der Waals surface area contributed by atoms with E-state index in [1.807, 2.05) is 6.07 Å². The van der Waals surface area contributed by atoms with E-state index in [1.165, 1.54) is 0 Å². The highest BCUT2D eigenvalue weighted by molar-refractivity contribution is 7.16. The molecule has 0 radical (unpaired) electrons. The van der Waals surface area contributed by atoms with Crippen molar-refractivity contribution in [2.45, 2.75) is 46.2 Å². The Morgan fingerprint density at radius 2 is 1.96 bits per heavy atom. The van der Waals surface area contributed by atoms with Gasteiger partial charge in [-0.25, -0.2) is 0 Å². The average Bonchev–Trinajstić information content (AvgIpc) is 2.81. The van der Waals surface area contributed by atoms with Gasteiger partial charge in [0.05, 0.1) is 5.56 Å². The predicted molar refractivity (Wildman–Crippen MR) is 83.5 cm³/mol. The molecule has 1 aromatic rings. The Kier molecular flexibility index (Phi) is 4.51. The number of hydrogen-bond acceptors (Lipinski definition) is 3. The lowest BCUT2D eigenvalue weighted by Crippen LogP contribution is -2.38. The molecule has 0 spiro atoms. The van der Waals surface area contributed by atoms with Crippen LogP contribution >= 0.6 is 11.3 Å². The maximum atomic E-state index is 12.7. The van der Waals surface area contributed by atoms with Crippen LogP contribution in [0.4, 0.5) is 18.2 Å². The third-order valence-corrected chi connectivity index (χ3v) is 5.77. The minimum atomic E-state index is -4.94. The maximum Gasteiger partial charge on any atom is 0.471 e. The first kappa shape index (κ1) is 17.8. The quantitative estimate of drug-likeness (QED) is 0.762. The number of hydrogen-bond donors (Lipinski definition) is 0. The van der Waals surface area contributed by atoms with Crippen LogP contribution in [0, 0.1) is 22.7 Å². The second-order valence-corrected chi connectivity index (χ2v) is 8.05. The lowest BCUT2D eigenvalue weighted by Gasteiger charge is -2.33. The number of nitriles is 1. The number of rotatable bonds is 1. The van der Waals surface area contributed by atoms with Crippen LogP contribution < -0.4 is 4.90 Å². The molecule has 1 aliphatic rings. The number of carbonyl (C=O) groups is 1. The molecule has 0 bridgehead atoms. The van der Waals surface area contributed by atoms with Crippen LogP contribution in [0.25, 0.3) is 0 Å². The second kappa shape index (κ2) is 5.82. The highest BCUT2D eigenvalue weighted by atomic mass is 32.1. The summed E-state index contributed by atoms with van der Waals surface area (Å²) in [7, 11) is 1.08. The summed E-state index contributed by atoms with van der Waals surface area (Å²) in [4.78, 5) is 13.0. The van der Waals surface area contributed by atoms with Crippen LogP contribution in [0.15, 0.2) is 0 Å². The second-order valence-electron chi connectivity index (χ2n) is 6.96. The van der Waals surface area contributed by atoms with Gasteiger partial charge in [0.15, 0.2) is 0 Å². The van der Waals surface area contributed by atoms with E-state index in [-0.39, 0.29) is 16.0 Å². The van der Waals surface area contributed by atoms with Crippen molar-refractivity contribution in [2.24, 2.45) is 11.3 Å². The van der Waals surface area contributed by atoms with Gasteiger partial charge in [0.25, 0.3) is 0 Å². The molecule has 1 atom stereocenters. The predicted octanol–water partition coefficient (Wildman–Crippen LogP) is 4.30. The van der Waals surface area contributed by atoms with Crippen molar-refractivity contribution in [3.05, 3.63) is 16.0 Å². The molecule has 1 amide bonds. The van der Waals surface area contributed by atoms with Gasteiger partial charge in [0.2, 0.25) is 0 Å². The largest absolute Gasteiger partial charge is 0.471 e. The van der Waals surface area contributed by atoms with Gasteiger partial charge in [-0.3, -0.25) is 9.69 Å². The zero-order valence-electron chi connectivity index (χ0n) is 13.5. The Morgan fingerprint density at radius 3 is 2.43 bits per heavy atom. The molecule has 1 heterocycles. The fraction of sp³-hybridized carbons (Fsp3) is 0.625. The molecular weight excluding hydrogens is 325 g/mol. The average molecular weight is 344 g/mol. The molecule has 1 aliphatic carbocycles. The molecule has 126 valence electrons. The topological polar surface area (TPSA) is 44.1 Å².